The molecule has 6 atom stereocenters. The van der Waals surface area contributed by atoms with E-state index < -0.39 is 83.2 Å². The summed E-state index contributed by atoms with van der Waals surface area (Å²) in [5, 5.41) is 25.0. The van der Waals surface area contributed by atoms with Gasteiger partial charge in [-0.05, 0) is 71.1 Å². The number of methoxy groups -OCH3 is 1. The molecule has 1 aliphatic heterocycles. The zero-order valence-corrected chi connectivity index (χ0v) is 38.0. The highest BCUT2D eigenvalue weighted by atomic mass is 16.6. The maximum atomic E-state index is 14.7. The number of benzene rings is 3. The maximum Gasteiger partial charge on any atom is 0.408 e. The number of rotatable bonds is 19. The maximum absolute atomic E-state index is 14.7. The van der Waals surface area contributed by atoms with Crippen LogP contribution < -0.4 is 21.3 Å². The van der Waals surface area contributed by atoms with Gasteiger partial charge in [0, 0.05) is 32.2 Å². The van der Waals surface area contributed by atoms with Crippen LogP contribution in [0.1, 0.15) is 76.9 Å². The molecule has 2 heterocycles. The molecule has 18 nitrogen and oxygen atoms in total. The number of likely N-dealkylation sites (tertiary alicyclic amines) is 1. The minimum atomic E-state index is -1.28. The molecule has 1 aliphatic rings. The highest BCUT2D eigenvalue weighted by Gasteiger charge is 2.45. The van der Waals surface area contributed by atoms with E-state index in [2.05, 4.69) is 41.9 Å². The molecule has 1 aromatic heterocycles. The summed E-state index contributed by atoms with van der Waals surface area (Å²) in [6, 6.07) is 21.7. The normalized spacial score (nSPS) is 16.9. The zero-order valence-electron chi connectivity index (χ0n) is 38.0. The van der Waals surface area contributed by atoms with Crippen molar-refractivity contribution >= 4 is 35.7 Å². The first-order chi connectivity index (χ1) is 30.9. The van der Waals surface area contributed by atoms with Crippen molar-refractivity contribution in [3.05, 3.63) is 114 Å². The molecule has 4 aromatic rings. The molecule has 0 saturated carbocycles. The number of tetrazole rings is 1. The van der Waals surface area contributed by atoms with Gasteiger partial charge in [-0.1, -0.05) is 96.2 Å². The van der Waals surface area contributed by atoms with Crippen LogP contribution in [0.25, 0.3) is 0 Å². The first-order valence-electron chi connectivity index (χ1n) is 21.7. The number of H-pyrrole nitrogens is 1. The molecule has 0 bridgehead atoms. The van der Waals surface area contributed by atoms with Crippen molar-refractivity contribution in [1.29, 1.82) is 0 Å². The van der Waals surface area contributed by atoms with Crippen LogP contribution in [0.15, 0.2) is 91.0 Å². The molecule has 1 fully saturated rings. The van der Waals surface area contributed by atoms with Gasteiger partial charge in [-0.15, -0.1) is 10.2 Å². The standard InChI is InChI=1S/C47H61N9O9/c1-46(2,3)64-33-27-38(56(29-33)43(60)36(28-39-52-54-55-53-39)51-45(62)65-47(4,5)6)42(59)48-34(24-23-30-17-11-8-12-18-30)40(57)49-35(25-31-19-13-9-14-20-31)41(58)50-37(44(61)63-7)26-32-21-15-10-16-22-32/h8-22,33-38H,23-29H2,1-7H3,(H,48,59)(H,49,57)(H,50,58)(H,51,62)(H,52,53,54,55)/t33-,34+,35+,36+,37+,38+/m1/s1. The number of nitrogens with zero attached hydrogens (tertiary/aromatic N) is 4. The molecule has 0 spiro atoms. The smallest absolute Gasteiger partial charge is 0.408 e. The van der Waals surface area contributed by atoms with Gasteiger partial charge in [0.15, 0.2) is 5.82 Å². The minimum absolute atomic E-state index is 0.0164. The number of aromatic nitrogens is 4. The van der Waals surface area contributed by atoms with Crippen LogP contribution >= 0.6 is 0 Å². The molecule has 5 amide bonds. The first kappa shape index (κ1) is 49.3. The number of hydrogen-bond acceptors (Lipinski definition) is 12. The summed E-state index contributed by atoms with van der Waals surface area (Å²) in [5.74, 6) is -3.12. The number of carbonyl (C=O) groups is 6. The topological polar surface area (TPSA) is 236 Å². The fourth-order valence-electron chi connectivity index (χ4n) is 7.46. The molecule has 348 valence electrons. The van der Waals surface area contributed by atoms with E-state index in [0.717, 1.165) is 16.7 Å². The van der Waals surface area contributed by atoms with Crippen molar-refractivity contribution in [3.8, 4) is 0 Å². The van der Waals surface area contributed by atoms with Gasteiger partial charge in [0.05, 0.1) is 18.8 Å². The number of amides is 5. The molecule has 5 rings (SSSR count). The van der Waals surface area contributed by atoms with E-state index in [0.29, 0.717) is 6.42 Å². The minimum Gasteiger partial charge on any atom is -0.467 e. The number of nitrogens with one attached hydrogen (secondary N) is 5. The third-order valence-corrected chi connectivity index (χ3v) is 10.3. The second-order valence-corrected chi connectivity index (χ2v) is 17.9. The molecular formula is C47H61N9O9. The summed E-state index contributed by atoms with van der Waals surface area (Å²) in [7, 11) is 1.23. The average molecular weight is 896 g/mol. The van der Waals surface area contributed by atoms with E-state index in [9.17, 15) is 28.8 Å². The molecule has 0 unspecified atom stereocenters. The number of aromatic amines is 1. The van der Waals surface area contributed by atoms with Gasteiger partial charge in [-0.25, -0.2) is 9.59 Å². The lowest BCUT2D eigenvalue weighted by Gasteiger charge is -2.30. The average Bonchev–Trinajstić information content (AvgIpc) is 3.94. The van der Waals surface area contributed by atoms with Gasteiger partial charge in [0.1, 0.15) is 35.8 Å². The summed E-state index contributed by atoms with van der Waals surface area (Å²) in [4.78, 5) is 85.4. The highest BCUT2D eigenvalue weighted by Crippen LogP contribution is 2.26. The Balaban J connectivity index is 1.44. The molecule has 65 heavy (non-hydrogen) atoms. The van der Waals surface area contributed by atoms with Gasteiger partial charge in [0.25, 0.3) is 0 Å². The number of ether oxygens (including phenoxy) is 3. The molecule has 5 N–H and O–H groups in total. The summed E-state index contributed by atoms with van der Waals surface area (Å²) in [5.41, 5.74) is 0.883. The van der Waals surface area contributed by atoms with E-state index in [4.69, 9.17) is 14.2 Å². The van der Waals surface area contributed by atoms with Gasteiger partial charge in [-0.2, -0.15) is 5.21 Å². The van der Waals surface area contributed by atoms with Gasteiger partial charge in [-0.3, -0.25) is 19.2 Å². The van der Waals surface area contributed by atoms with Crippen molar-refractivity contribution in [2.24, 2.45) is 0 Å². The van der Waals surface area contributed by atoms with E-state index in [1.54, 1.807) is 20.8 Å². The molecule has 1 saturated heterocycles. The molecular weight excluding hydrogens is 835 g/mol. The van der Waals surface area contributed by atoms with Crippen LogP contribution in [0.2, 0.25) is 0 Å². The number of carbonyl (C=O) groups excluding carboxylic acids is 6. The SMILES string of the molecule is COC(=O)[C@H](Cc1ccccc1)NC(=O)[C@H](Cc1ccccc1)NC(=O)[C@H](CCc1ccccc1)NC(=O)[C@@H]1C[C@@H](OC(C)(C)C)CN1C(=O)[C@H](Cc1nn[nH]n1)NC(=O)OC(C)(C)C. The largest absolute Gasteiger partial charge is 0.467 e. The molecule has 3 aromatic carbocycles. The van der Waals surface area contributed by atoms with E-state index in [1.165, 1.54) is 12.0 Å². The fourth-order valence-corrected chi connectivity index (χ4v) is 7.46. The predicted molar refractivity (Wildman–Crippen MR) is 239 cm³/mol. The fraction of sp³-hybridized carbons (Fsp3) is 0.468. The lowest BCUT2D eigenvalue weighted by Crippen LogP contribution is -2.59. The van der Waals surface area contributed by atoms with Crippen LogP contribution in [0, 0.1) is 0 Å². The lowest BCUT2D eigenvalue weighted by atomic mass is 10.0. The molecule has 0 aliphatic carbocycles. The van der Waals surface area contributed by atoms with Crippen molar-refractivity contribution in [2.45, 2.75) is 128 Å². The molecule has 0 radical (unpaired) electrons. The van der Waals surface area contributed by atoms with Crippen molar-refractivity contribution in [1.82, 2.24) is 46.8 Å². The summed E-state index contributed by atoms with van der Waals surface area (Å²) >= 11 is 0. The van der Waals surface area contributed by atoms with Crippen LogP contribution in [0.3, 0.4) is 0 Å². The second kappa shape index (κ2) is 22.8. The number of alkyl carbamates (subject to hydrolysis) is 1. The Hall–Kier alpha value is -6.69. The second-order valence-electron chi connectivity index (χ2n) is 17.9. The number of hydrogen-bond donors (Lipinski definition) is 5. The quantitative estimate of drug-likeness (QED) is 0.0855. The Morgan fingerprint density at radius 1 is 0.692 bits per heavy atom. The predicted octanol–water partition coefficient (Wildman–Crippen LogP) is 3.17. The number of aryl methyl sites for hydroxylation is 1. The summed E-state index contributed by atoms with van der Waals surface area (Å²) < 4.78 is 16.8. The van der Waals surface area contributed by atoms with Gasteiger partial charge >= 0.3 is 12.1 Å². The van der Waals surface area contributed by atoms with E-state index >= 15 is 0 Å². The van der Waals surface area contributed by atoms with E-state index in [1.807, 2.05) is 112 Å². The Morgan fingerprint density at radius 2 is 1.25 bits per heavy atom. The number of esters is 1. The third-order valence-electron chi connectivity index (χ3n) is 10.3. The van der Waals surface area contributed by atoms with Crippen molar-refractivity contribution in [2.75, 3.05) is 13.7 Å². The lowest BCUT2D eigenvalue weighted by molar-refractivity contribution is -0.145. The van der Waals surface area contributed by atoms with Crippen LogP contribution in [0.4, 0.5) is 4.79 Å². The van der Waals surface area contributed by atoms with Crippen LogP contribution in [-0.4, -0.2) is 122 Å². The Bertz CT molecular complexity index is 2180. The Kier molecular flexibility index (Phi) is 17.3. The van der Waals surface area contributed by atoms with E-state index in [-0.39, 0.29) is 44.5 Å². The first-order valence-corrected chi connectivity index (χ1v) is 21.7. The van der Waals surface area contributed by atoms with Gasteiger partial charge < -0.3 is 40.4 Å². The zero-order chi connectivity index (χ0) is 47.1. The summed E-state index contributed by atoms with van der Waals surface area (Å²) in [6.07, 6.45) is -0.906. The third kappa shape index (κ3) is 15.8. The monoisotopic (exact) mass is 895 g/mol. The summed E-state index contributed by atoms with van der Waals surface area (Å²) in [6.45, 7) is 10.6. The Morgan fingerprint density at radius 3 is 1.78 bits per heavy atom. The highest BCUT2D eigenvalue weighted by molar-refractivity contribution is 5.96. The van der Waals surface area contributed by atoms with Crippen LogP contribution in [0.5, 0.6) is 0 Å². The van der Waals surface area contributed by atoms with Crippen molar-refractivity contribution in [3.63, 3.8) is 0 Å². The van der Waals surface area contributed by atoms with Gasteiger partial charge in [0.2, 0.25) is 23.6 Å². The van der Waals surface area contributed by atoms with Crippen LogP contribution in [-0.2, 0) is 63.9 Å². The Labute approximate surface area is 379 Å². The molecule has 18 heteroatoms. The van der Waals surface area contributed by atoms with Crippen molar-refractivity contribution < 1.29 is 43.0 Å².